The van der Waals surface area contributed by atoms with Crippen LogP contribution in [0.25, 0.3) is 0 Å². The summed E-state index contributed by atoms with van der Waals surface area (Å²) in [5.74, 6) is 0.184. The zero-order valence-corrected chi connectivity index (χ0v) is 21.4. The molecule has 0 heterocycles. The molecule has 2 aromatic carbocycles. The second-order valence-electron chi connectivity index (χ2n) is 8.43. The first-order valence-electron chi connectivity index (χ1n) is 10.9. The Morgan fingerprint density at radius 1 is 1.00 bits per heavy atom. The van der Waals surface area contributed by atoms with E-state index < -0.39 is 5.60 Å². The van der Waals surface area contributed by atoms with Gasteiger partial charge in [0, 0.05) is 28.1 Å². The van der Waals surface area contributed by atoms with E-state index >= 15 is 0 Å². The highest BCUT2D eigenvalue weighted by Crippen LogP contribution is 2.27. The van der Waals surface area contributed by atoms with Crippen LogP contribution >= 0.6 is 34.8 Å². The molecule has 0 bridgehead atoms. The maximum atomic E-state index is 13.1. The molecular formula is C25H32Cl3NO3. The Bertz CT molecular complexity index is 851. The van der Waals surface area contributed by atoms with Crippen molar-refractivity contribution in [1.29, 1.82) is 0 Å². The Balaban J connectivity index is 2.06. The smallest absolute Gasteiger partial charge is 0.263 e. The van der Waals surface area contributed by atoms with Gasteiger partial charge in [0.15, 0.2) is 5.60 Å². The third-order valence-electron chi connectivity index (χ3n) is 5.10. The quantitative estimate of drug-likeness (QED) is 0.315. The van der Waals surface area contributed by atoms with Gasteiger partial charge in [-0.3, -0.25) is 4.79 Å². The maximum Gasteiger partial charge on any atom is 0.263 e. The summed E-state index contributed by atoms with van der Waals surface area (Å²) in [6.07, 6.45) is 3.69. The Kier molecular flexibility index (Phi) is 10.6. The molecule has 0 saturated carbocycles. The Hall–Kier alpha value is -1.46. The highest BCUT2D eigenvalue weighted by atomic mass is 35.5. The summed E-state index contributed by atoms with van der Waals surface area (Å²) in [5.41, 5.74) is -0.0324. The predicted octanol–water partition coefficient (Wildman–Crippen LogP) is 7.13. The summed E-state index contributed by atoms with van der Waals surface area (Å²) in [4.78, 5) is 13.1. The molecule has 0 saturated heterocycles. The first-order valence-corrected chi connectivity index (χ1v) is 12.1. The highest BCUT2D eigenvalue weighted by Gasteiger charge is 2.33. The fourth-order valence-corrected chi connectivity index (χ4v) is 3.85. The molecule has 1 N–H and O–H groups in total. The molecule has 0 aliphatic carbocycles. The average Bonchev–Trinajstić information content (AvgIpc) is 2.70. The van der Waals surface area contributed by atoms with E-state index in [0.717, 1.165) is 24.8 Å². The van der Waals surface area contributed by atoms with Crippen molar-refractivity contribution in [3.05, 3.63) is 63.1 Å². The number of carbonyl (C=O) groups excluding carboxylic acids is 1. The molecule has 7 heteroatoms. The van der Waals surface area contributed by atoms with Crippen molar-refractivity contribution in [2.75, 3.05) is 6.61 Å². The van der Waals surface area contributed by atoms with Crippen molar-refractivity contribution in [2.24, 2.45) is 0 Å². The Labute approximate surface area is 206 Å². The predicted molar refractivity (Wildman–Crippen MR) is 133 cm³/mol. The molecule has 176 valence electrons. The van der Waals surface area contributed by atoms with Gasteiger partial charge in [0.2, 0.25) is 0 Å². The summed E-state index contributed by atoms with van der Waals surface area (Å²) >= 11 is 18.1. The molecule has 0 fully saturated rings. The first kappa shape index (κ1) is 26.8. The zero-order chi connectivity index (χ0) is 23.7. The molecule has 4 nitrogen and oxygen atoms in total. The number of unbranched alkanes of at least 4 members (excludes halogenated alkanes) is 2. The number of amides is 1. The molecule has 2 aromatic rings. The van der Waals surface area contributed by atoms with Crippen LogP contribution in [0.1, 0.15) is 52.5 Å². The van der Waals surface area contributed by atoms with Crippen LogP contribution in [-0.2, 0) is 16.0 Å². The van der Waals surface area contributed by atoms with Crippen LogP contribution < -0.4 is 10.1 Å². The van der Waals surface area contributed by atoms with Crippen LogP contribution in [-0.4, -0.2) is 30.3 Å². The van der Waals surface area contributed by atoms with Crippen LogP contribution in [0, 0.1) is 0 Å². The summed E-state index contributed by atoms with van der Waals surface area (Å²) < 4.78 is 12.1. The topological polar surface area (TPSA) is 47.6 Å². The van der Waals surface area contributed by atoms with Crippen molar-refractivity contribution < 1.29 is 14.3 Å². The van der Waals surface area contributed by atoms with Crippen molar-refractivity contribution in [3.8, 4) is 5.75 Å². The highest BCUT2D eigenvalue weighted by molar-refractivity contribution is 6.34. The van der Waals surface area contributed by atoms with Gasteiger partial charge in [-0.25, -0.2) is 0 Å². The fourth-order valence-electron chi connectivity index (χ4n) is 3.22. The number of rotatable bonds is 12. The van der Waals surface area contributed by atoms with Gasteiger partial charge in [-0.15, -0.1) is 0 Å². The van der Waals surface area contributed by atoms with Gasteiger partial charge in [0.1, 0.15) is 5.75 Å². The fraction of sp³-hybridized carbons (Fsp3) is 0.480. The number of hydrogen-bond donors (Lipinski definition) is 1. The van der Waals surface area contributed by atoms with Gasteiger partial charge < -0.3 is 14.8 Å². The normalized spacial score (nSPS) is 13.5. The largest absolute Gasteiger partial charge is 0.478 e. The van der Waals surface area contributed by atoms with Gasteiger partial charge in [0.05, 0.1) is 12.1 Å². The summed E-state index contributed by atoms with van der Waals surface area (Å²) in [6, 6.07) is 12.3. The number of nitrogens with one attached hydrogen (secondary N) is 1. The molecule has 0 spiro atoms. The van der Waals surface area contributed by atoms with Crippen LogP contribution in [0.3, 0.4) is 0 Å². The van der Waals surface area contributed by atoms with E-state index in [9.17, 15) is 4.79 Å². The van der Waals surface area contributed by atoms with Crippen LogP contribution in [0.15, 0.2) is 42.5 Å². The molecule has 1 amide bonds. The first-order chi connectivity index (χ1) is 15.1. The van der Waals surface area contributed by atoms with Crippen molar-refractivity contribution in [3.63, 3.8) is 0 Å². The van der Waals surface area contributed by atoms with Gasteiger partial charge >= 0.3 is 0 Å². The summed E-state index contributed by atoms with van der Waals surface area (Å²) in [5, 5.41) is 4.64. The Morgan fingerprint density at radius 2 is 1.62 bits per heavy atom. The molecule has 0 aromatic heterocycles. The number of ether oxygens (including phenoxy) is 2. The minimum absolute atomic E-state index is 0.187. The molecule has 0 aliphatic rings. The standard InChI is InChI=1S/C25H32Cl3NO3/c1-5-6-7-12-31-23(13-18-8-10-19(26)11-9-18)17(2)29-24(30)25(3,4)32-22-15-20(27)14-21(28)16-22/h8-11,14-17,23H,5-7,12-13H2,1-4H3,(H,29,30). The van der Waals surface area contributed by atoms with E-state index in [2.05, 4.69) is 12.2 Å². The maximum absolute atomic E-state index is 13.1. The average molecular weight is 501 g/mol. The number of carbonyl (C=O) groups is 1. The lowest BCUT2D eigenvalue weighted by atomic mass is 10.0. The lowest BCUT2D eigenvalue weighted by molar-refractivity contribution is -0.136. The Morgan fingerprint density at radius 3 is 2.22 bits per heavy atom. The molecule has 0 radical (unpaired) electrons. The minimum Gasteiger partial charge on any atom is -0.478 e. The summed E-state index contributed by atoms with van der Waals surface area (Å²) in [7, 11) is 0. The van der Waals surface area contributed by atoms with Crippen molar-refractivity contribution in [2.45, 2.75) is 71.1 Å². The third-order valence-corrected chi connectivity index (χ3v) is 5.79. The molecule has 0 aliphatic heterocycles. The van der Waals surface area contributed by atoms with Gasteiger partial charge in [-0.2, -0.15) is 0 Å². The molecule has 2 unspecified atom stereocenters. The summed E-state index contributed by atoms with van der Waals surface area (Å²) in [6.45, 7) is 8.17. The third kappa shape index (κ3) is 8.82. The van der Waals surface area contributed by atoms with E-state index in [-0.39, 0.29) is 18.1 Å². The second-order valence-corrected chi connectivity index (χ2v) is 9.74. The number of benzene rings is 2. The van der Waals surface area contributed by atoms with E-state index in [1.54, 1.807) is 32.0 Å². The van der Waals surface area contributed by atoms with Gasteiger partial charge in [-0.05, 0) is 63.1 Å². The monoisotopic (exact) mass is 499 g/mol. The zero-order valence-electron chi connectivity index (χ0n) is 19.1. The van der Waals surface area contributed by atoms with Crippen LogP contribution in [0.4, 0.5) is 0 Å². The van der Waals surface area contributed by atoms with Crippen LogP contribution in [0.5, 0.6) is 5.75 Å². The lowest BCUT2D eigenvalue weighted by Crippen LogP contribution is -2.53. The van der Waals surface area contributed by atoms with Crippen molar-refractivity contribution in [1.82, 2.24) is 5.32 Å². The van der Waals surface area contributed by atoms with E-state index in [1.165, 1.54) is 0 Å². The molecule has 32 heavy (non-hydrogen) atoms. The van der Waals surface area contributed by atoms with Gasteiger partial charge in [-0.1, -0.05) is 66.7 Å². The van der Waals surface area contributed by atoms with Crippen LogP contribution in [0.2, 0.25) is 15.1 Å². The minimum atomic E-state index is -1.13. The molecule has 2 atom stereocenters. The molecule has 2 rings (SSSR count). The lowest BCUT2D eigenvalue weighted by Gasteiger charge is -2.31. The van der Waals surface area contributed by atoms with E-state index in [1.807, 2.05) is 31.2 Å². The van der Waals surface area contributed by atoms with Crippen molar-refractivity contribution >= 4 is 40.7 Å². The molecular weight excluding hydrogens is 469 g/mol. The second kappa shape index (κ2) is 12.7. The number of halogens is 3. The van der Waals surface area contributed by atoms with Gasteiger partial charge in [0.25, 0.3) is 5.91 Å². The number of hydrogen-bond acceptors (Lipinski definition) is 3. The SMILES string of the molecule is CCCCCOC(Cc1ccc(Cl)cc1)C(C)NC(=O)C(C)(C)Oc1cc(Cl)cc(Cl)c1. The van der Waals surface area contributed by atoms with E-state index in [4.69, 9.17) is 44.3 Å². The van der Waals surface area contributed by atoms with E-state index in [0.29, 0.717) is 33.8 Å².